The van der Waals surface area contributed by atoms with E-state index in [4.69, 9.17) is 28.5 Å². The molecule has 2 rings (SSSR count). The average Bonchev–Trinajstić information content (AvgIpc) is 2.64. The van der Waals surface area contributed by atoms with E-state index in [1.54, 1.807) is 42.3 Å². The number of carbonyl (C=O) groups is 2. The van der Waals surface area contributed by atoms with Crippen LogP contribution in [0.15, 0.2) is 47.4 Å². The lowest BCUT2D eigenvalue weighted by atomic mass is 10.3. The number of thioether (sulfide) groups is 1. The zero-order valence-electron chi connectivity index (χ0n) is 15.0. The summed E-state index contributed by atoms with van der Waals surface area (Å²) in [5.74, 6) is -0.316. The van der Waals surface area contributed by atoms with Crippen molar-refractivity contribution in [1.29, 1.82) is 5.26 Å². The minimum absolute atomic E-state index is 0.0141. The molecule has 2 amide bonds. The molecule has 6 nitrogen and oxygen atoms in total. The predicted octanol–water partition coefficient (Wildman–Crippen LogP) is 4.12. The molecule has 28 heavy (non-hydrogen) atoms. The maximum absolute atomic E-state index is 12.3. The largest absolute Gasteiger partial charge is 0.324 e. The molecule has 0 aliphatic rings. The van der Waals surface area contributed by atoms with Crippen molar-refractivity contribution >= 4 is 58.2 Å². The summed E-state index contributed by atoms with van der Waals surface area (Å²) in [4.78, 5) is 26.9. The Bertz CT molecular complexity index is 881. The second-order valence-corrected chi connectivity index (χ2v) is 7.64. The molecule has 0 radical (unpaired) electrons. The lowest BCUT2D eigenvalue weighted by Crippen LogP contribution is -2.36. The zero-order chi connectivity index (χ0) is 20.5. The van der Waals surface area contributed by atoms with Crippen LogP contribution in [0.25, 0.3) is 0 Å². The van der Waals surface area contributed by atoms with Gasteiger partial charge in [-0.25, -0.2) is 0 Å². The summed E-state index contributed by atoms with van der Waals surface area (Å²) in [7, 11) is 1.66. The predicted molar refractivity (Wildman–Crippen MR) is 114 cm³/mol. The molecule has 0 aliphatic heterocycles. The Morgan fingerprint density at radius 1 is 1.04 bits per heavy atom. The van der Waals surface area contributed by atoms with E-state index < -0.39 is 0 Å². The van der Waals surface area contributed by atoms with Crippen LogP contribution >= 0.6 is 35.0 Å². The molecule has 0 unspecified atom stereocenters. The fourth-order valence-corrected chi connectivity index (χ4v) is 3.50. The highest BCUT2D eigenvalue weighted by molar-refractivity contribution is 7.99. The summed E-state index contributed by atoms with van der Waals surface area (Å²) in [6.07, 6.45) is 0. The van der Waals surface area contributed by atoms with Gasteiger partial charge in [0.2, 0.25) is 11.8 Å². The quantitative estimate of drug-likeness (QED) is 0.607. The van der Waals surface area contributed by atoms with E-state index >= 15 is 0 Å². The third kappa shape index (κ3) is 6.73. The number of hydrogen-bond donors (Lipinski definition) is 2. The highest BCUT2D eigenvalue weighted by Crippen LogP contribution is 2.29. The van der Waals surface area contributed by atoms with Crippen LogP contribution in [0, 0.1) is 11.3 Å². The van der Waals surface area contributed by atoms with Gasteiger partial charge >= 0.3 is 0 Å². The summed E-state index contributed by atoms with van der Waals surface area (Å²) >= 11 is 13.4. The molecular formula is C19H18Cl2N4O2S. The fourth-order valence-electron chi connectivity index (χ4n) is 2.34. The Labute approximate surface area is 177 Å². The highest BCUT2D eigenvalue weighted by atomic mass is 35.5. The van der Waals surface area contributed by atoms with Crippen molar-refractivity contribution in [2.75, 3.05) is 36.5 Å². The highest BCUT2D eigenvalue weighted by Gasteiger charge is 2.14. The van der Waals surface area contributed by atoms with Crippen molar-refractivity contribution in [3.63, 3.8) is 0 Å². The van der Waals surface area contributed by atoms with Gasteiger partial charge < -0.3 is 10.6 Å². The Morgan fingerprint density at radius 3 is 2.29 bits per heavy atom. The number of nitrogens with zero attached hydrogens (tertiary/aromatic N) is 2. The zero-order valence-corrected chi connectivity index (χ0v) is 17.4. The van der Waals surface area contributed by atoms with Gasteiger partial charge in [-0.05, 0) is 31.3 Å². The van der Waals surface area contributed by atoms with Gasteiger partial charge in [0, 0.05) is 4.90 Å². The van der Waals surface area contributed by atoms with Crippen LogP contribution in [-0.4, -0.2) is 42.6 Å². The van der Waals surface area contributed by atoms with E-state index in [0.29, 0.717) is 21.4 Å². The van der Waals surface area contributed by atoms with Crippen molar-refractivity contribution < 1.29 is 9.59 Å². The van der Waals surface area contributed by atoms with E-state index in [0.717, 1.165) is 4.90 Å². The Morgan fingerprint density at radius 2 is 1.64 bits per heavy atom. The van der Waals surface area contributed by atoms with Gasteiger partial charge in [0.05, 0.1) is 46.3 Å². The van der Waals surface area contributed by atoms with E-state index in [-0.39, 0.29) is 30.7 Å². The van der Waals surface area contributed by atoms with Crippen LogP contribution in [0.3, 0.4) is 0 Å². The Balaban J connectivity index is 1.89. The van der Waals surface area contributed by atoms with E-state index in [9.17, 15) is 9.59 Å². The molecule has 0 aromatic heterocycles. The maximum atomic E-state index is 12.3. The first-order valence-corrected chi connectivity index (χ1v) is 9.96. The third-order valence-corrected chi connectivity index (χ3v) is 5.08. The van der Waals surface area contributed by atoms with Crippen LogP contribution in [0.4, 0.5) is 11.4 Å². The van der Waals surface area contributed by atoms with Gasteiger partial charge in [-0.3, -0.25) is 14.5 Å². The summed E-state index contributed by atoms with van der Waals surface area (Å²) in [5, 5.41) is 14.9. The number of nitrogens with one attached hydrogen (secondary N) is 2. The Hall–Kier alpha value is -2.24. The molecule has 146 valence electrons. The molecule has 0 saturated carbocycles. The molecule has 2 N–H and O–H groups in total. The smallest absolute Gasteiger partial charge is 0.238 e. The van der Waals surface area contributed by atoms with Crippen molar-refractivity contribution in [2.45, 2.75) is 4.90 Å². The van der Waals surface area contributed by atoms with Crippen LogP contribution in [0.1, 0.15) is 0 Å². The van der Waals surface area contributed by atoms with Gasteiger partial charge in [0.1, 0.15) is 0 Å². The number of benzene rings is 2. The summed E-state index contributed by atoms with van der Waals surface area (Å²) in [5.41, 5.74) is 0.977. The van der Waals surface area contributed by atoms with Crippen molar-refractivity contribution in [3.8, 4) is 6.07 Å². The van der Waals surface area contributed by atoms with E-state index in [1.165, 1.54) is 11.8 Å². The summed E-state index contributed by atoms with van der Waals surface area (Å²) in [6.45, 7) is 0.000720. The monoisotopic (exact) mass is 436 g/mol. The SMILES string of the molecule is CN(CC(=O)Nc1ccccc1SCC#N)CC(=O)Nc1c(Cl)cccc1Cl. The number of likely N-dealkylation sites (N-methyl/N-ethyl adjacent to an activating group) is 1. The first kappa shape index (κ1) is 22.1. The van der Waals surface area contributed by atoms with Crippen molar-refractivity contribution in [1.82, 2.24) is 4.90 Å². The van der Waals surface area contributed by atoms with E-state index in [2.05, 4.69) is 16.7 Å². The van der Waals surface area contributed by atoms with Gasteiger partial charge in [0.25, 0.3) is 0 Å². The summed E-state index contributed by atoms with van der Waals surface area (Å²) < 4.78 is 0. The molecule has 0 heterocycles. The fraction of sp³-hybridized carbons (Fsp3) is 0.211. The minimum atomic E-state index is -0.338. The number of rotatable bonds is 8. The van der Waals surface area contributed by atoms with Crippen LogP contribution < -0.4 is 10.6 Å². The average molecular weight is 437 g/mol. The molecule has 0 bridgehead atoms. The number of nitriles is 1. The minimum Gasteiger partial charge on any atom is -0.324 e. The molecule has 0 atom stereocenters. The summed E-state index contributed by atoms with van der Waals surface area (Å²) in [6, 6.07) is 14.2. The Kier molecular flexibility index (Phi) is 8.61. The normalized spacial score (nSPS) is 10.4. The third-order valence-electron chi connectivity index (χ3n) is 3.51. The molecular weight excluding hydrogens is 419 g/mol. The van der Waals surface area contributed by atoms with Crippen LogP contribution in [0.5, 0.6) is 0 Å². The lowest BCUT2D eigenvalue weighted by Gasteiger charge is -2.17. The van der Waals surface area contributed by atoms with E-state index in [1.807, 2.05) is 12.1 Å². The number of anilines is 2. The van der Waals surface area contributed by atoms with Crippen molar-refractivity contribution in [3.05, 3.63) is 52.5 Å². The molecule has 2 aromatic rings. The molecule has 0 spiro atoms. The van der Waals surface area contributed by atoms with Gasteiger partial charge in [-0.1, -0.05) is 41.4 Å². The van der Waals surface area contributed by atoms with Crippen molar-refractivity contribution in [2.24, 2.45) is 0 Å². The van der Waals surface area contributed by atoms with Gasteiger partial charge in [-0.15, -0.1) is 11.8 Å². The second-order valence-electron chi connectivity index (χ2n) is 5.81. The number of carbonyl (C=O) groups excluding carboxylic acids is 2. The standard InChI is InChI=1S/C19H18Cl2N4O2S/c1-25(12-18(27)24-19-13(20)5-4-6-14(19)21)11-17(26)23-15-7-2-3-8-16(15)28-10-9-22/h2-8H,10-12H2,1H3,(H,23,26)(H,24,27). The first-order chi connectivity index (χ1) is 13.4. The molecule has 9 heteroatoms. The van der Waals surface area contributed by atoms with Crippen LogP contribution in [-0.2, 0) is 9.59 Å². The molecule has 0 fully saturated rings. The topological polar surface area (TPSA) is 85.2 Å². The molecule has 0 saturated heterocycles. The van der Waals surface area contributed by atoms with Gasteiger partial charge in [0.15, 0.2) is 0 Å². The number of para-hydroxylation sites is 2. The lowest BCUT2D eigenvalue weighted by molar-refractivity contribution is -0.119. The second kappa shape index (κ2) is 10.9. The first-order valence-electron chi connectivity index (χ1n) is 8.21. The molecule has 0 aliphatic carbocycles. The van der Waals surface area contributed by atoms with Crippen LogP contribution in [0.2, 0.25) is 10.0 Å². The number of amides is 2. The number of halogens is 2. The van der Waals surface area contributed by atoms with Gasteiger partial charge in [-0.2, -0.15) is 5.26 Å². The molecule has 2 aromatic carbocycles. The maximum Gasteiger partial charge on any atom is 0.238 e. The number of hydrogen-bond acceptors (Lipinski definition) is 5.